The van der Waals surface area contributed by atoms with Crippen LogP contribution in [0.2, 0.25) is 0 Å². The van der Waals surface area contributed by atoms with E-state index < -0.39 is 19.2 Å². The lowest BCUT2D eigenvalue weighted by Crippen LogP contribution is -2.27. The fourth-order valence-electron chi connectivity index (χ4n) is 0.926. The molecule has 0 amide bonds. The molecule has 0 bridgehead atoms. The molecular weight excluding hydrogens is 226 g/mol. The minimum absolute atomic E-state index is 0.00193. The van der Waals surface area contributed by atoms with E-state index in [9.17, 15) is 13.8 Å². The van der Waals surface area contributed by atoms with E-state index in [1.54, 1.807) is 0 Å². The SMILES string of the molecule is CCOP(=O)(OCC)C(C)(F)OC(C)=O. The molecule has 0 heterocycles. The van der Waals surface area contributed by atoms with Gasteiger partial charge in [-0.2, -0.15) is 4.39 Å². The highest BCUT2D eigenvalue weighted by Gasteiger charge is 2.51. The maximum Gasteiger partial charge on any atom is 0.406 e. The lowest BCUT2D eigenvalue weighted by atomic mass is 10.7. The number of rotatable bonds is 6. The number of esters is 1. The minimum Gasteiger partial charge on any atom is -0.417 e. The van der Waals surface area contributed by atoms with E-state index in [1.165, 1.54) is 13.8 Å². The van der Waals surface area contributed by atoms with Gasteiger partial charge in [0.2, 0.25) is 0 Å². The molecule has 0 aliphatic carbocycles. The van der Waals surface area contributed by atoms with Crippen LogP contribution in [0.4, 0.5) is 4.39 Å². The van der Waals surface area contributed by atoms with Crippen molar-refractivity contribution in [3.8, 4) is 0 Å². The molecule has 90 valence electrons. The zero-order valence-electron chi connectivity index (χ0n) is 9.28. The Morgan fingerprint density at radius 2 is 1.73 bits per heavy atom. The van der Waals surface area contributed by atoms with Crippen LogP contribution in [0, 0.1) is 0 Å². The normalized spacial score (nSPS) is 15.8. The van der Waals surface area contributed by atoms with E-state index in [0.29, 0.717) is 0 Å². The molecule has 7 heteroatoms. The molecule has 15 heavy (non-hydrogen) atoms. The largest absolute Gasteiger partial charge is 0.417 e. The summed E-state index contributed by atoms with van der Waals surface area (Å²) in [6.07, 6.45) is 0. The molecule has 1 unspecified atom stereocenters. The van der Waals surface area contributed by atoms with Crippen molar-refractivity contribution in [1.82, 2.24) is 0 Å². The number of halogens is 1. The molecule has 0 saturated carbocycles. The number of hydrogen-bond donors (Lipinski definition) is 0. The summed E-state index contributed by atoms with van der Waals surface area (Å²) in [5, 5.41) is 0. The first kappa shape index (κ1) is 14.6. The molecule has 5 nitrogen and oxygen atoms in total. The van der Waals surface area contributed by atoms with Gasteiger partial charge >= 0.3 is 19.2 Å². The standard InChI is InChI=1S/C8H16FO5P/c1-5-12-15(11,13-6-2)8(4,9)14-7(3)10/h5-6H2,1-4H3. The number of ether oxygens (including phenoxy) is 1. The van der Waals surface area contributed by atoms with E-state index in [2.05, 4.69) is 4.74 Å². The van der Waals surface area contributed by atoms with Crippen molar-refractivity contribution in [2.75, 3.05) is 13.2 Å². The second-order valence-corrected chi connectivity index (χ2v) is 5.11. The quantitative estimate of drug-likeness (QED) is 0.528. The summed E-state index contributed by atoms with van der Waals surface area (Å²) in [7, 11) is -4.09. The lowest BCUT2D eigenvalue weighted by Gasteiger charge is -2.27. The maximum absolute atomic E-state index is 13.8. The monoisotopic (exact) mass is 242 g/mol. The van der Waals surface area contributed by atoms with Crippen molar-refractivity contribution in [2.45, 2.75) is 33.3 Å². The first-order valence-corrected chi connectivity index (χ1v) is 6.11. The van der Waals surface area contributed by atoms with Crippen LogP contribution in [-0.2, 0) is 23.1 Å². The van der Waals surface area contributed by atoms with Crippen molar-refractivity contribution < 1.29 is 27.5 Å². The first-order chi connectivity index (χ1) is 6.79. The number of alkyl halides is 1. The Morgan fingerprint density at radius 1 is 1.33 bits per heavy atom. The Labute approximate surface area is 88.4 Å². The molecule has 0 aliphatic rings. The zero-order chi connectivity index (χ0) is 12.1. The van der Waals surface area contributed by atoms with Crippen molar-refractivity contribution >= 4 is 13.6 Å². The summed E-state index contributed by atoms with van der Waals surface area (Å²) in [6, 6.07) is 0. The molecule has 0 fully saturated rings. The maximum atomic E-state index is 13.8. The predicted octanol–water partition coefficient (Wildman–Crippen LogP) is 2.46. The van der Waals surface area contributed by atoms with Crippen molar-refractivity contribution in [2.24, 2.45) is 0 Å². The lowest BCUT2D eigenvalue weighted by molar-refractivity contribution is -0.162. The smallest absolute Gasteiger partial charge is 0.406 e. The highest BCUT2D eigenvalue weighted by atomic mass is 31.2. The Morgan fingerprint density at radius 3 is 2.00 bits per heavy atom. The second-order valence-electron chi connectivity index (χ2n) is 2.80. The highest BCUT2D eigenvalue weighted by Crippen LogP contribution is 2.61. The van der Waals surface area contributed by atoms with Crippen LogP contribution in [0.25, 0.3) is 0 Å². The summed E-state index contributed by atoms with van der Waals surface area (Å²) in [5.41, 5.74) is -2.76. The van der Waals surface area contributed by atoms with Crippen LogP contribution < -0.4 is 0 Å². The average molecular weight is 242 g/mol. The van der Waals surface area contributed by atoms with E-state index >= 15 is 0 Å². The fraction of sp³-hybridized carbons (Fsp3) is 0.875. The third-order valence-electron chi connectivity index (χ3n) is 1.42. The molecule has 0 aromatic rings. The van der Waals surface area contributed by atoms with Gasteiger partial charge in [-0.15, -0.1) is 0 Å². The van der Waals surface area contributed by atoms with Crippen molar-refractivity contribution in [3.63, 3.8) is 0 Å². The van der Waals surface area contributed by atoms with E-state index in [0.717, 1.165) is 13.8 Å². The third-order valence-corrected chi connectivity index (χ3v) is 3.68. The predicted molar refractivity (Wildman–Crippen MR) is 52.1 cm³/mol. The molecule has 0 spiro atoms. The summed E-state index contributed by atoms with van der Waals surface area (Å²) in [6.45, 7) is 4.93. The Hall–Kier alpha value is -0.450. The Bertz CT molecular complexity index is 256. The Balaban J connectivity index is 4.87. The molecule has 1 atom stereocenters. The Kier molecular flexibility index (Phi) is 5.42. The van der Waals surface area contributed by atoms with E-state index in [4.69, 9.17) is 9.05 Å². The molecule has 0 aromatic carbocycles. The summed E-state index contributed by atoms with van der Waals surface area (Å²) < 4.78 is 39.4. The van der Waals surface area contributed by atoms with Crippen LogP contribution in [0.1, 0.15) is 27.7 Å². The van der Waals surface area contributed by atoms with Gasteiger partial charge in [-0.25, -0.2) is 0 Å². The van der Waals surface area contributed by atoms with Gasteiger partial charge in [-0.1, -0.05) is 0 Å². The molecular formula is C8H16FO5P. The van der Waals surface area contributed by atoms with Crippen LogP contribution in [0.3, 0.4) is 0 Å². The summed E-state index contributed by atoms with van der Waals surface area (Å²) in [4.78, 5) is 10.6. The highest BCUT2D eigenvalue weighted by molar-refractivity contribution is 7.55. The molecule has 0 aliphatic heterocycles. The summed E-state index contributed by atoms with van der Waals surface area (Å²) in [5.74, 6) is -0.889. The van der Waals surface area contributed by atoms with Gasteiger partial charge in [0.05, 0.1) is 13.2 Å². The zero-order valence-corrected chi connectivity index (χ0v) is 10.2. The van der Waals surface area contributed by atoms with Crippen LogP contribution in [0.5, 0.6) is 0 Å². The molecule has 0 aromatic heterocycles. The van der Waals surface area contributed by atoms with Crippen molar-refractivity contribution in [3.05, 3.63) is 0 Å². The fourth-order valence-corrected chi connectivity index (χ4v) is 2.38. The van der Waals surface area contributed by atoms with Crippen LogP contribution >= 0.6 is 7.60 Å². The number of carbonyl (C=O) groups is 1. The van der Waals surface area contributed by atoms with Crippen LogP contribution in [-0.4, -0.2) is 24.8 Å². The molecule has 0 N–H and O–H groups in total. The van der Waals surface area contributed by atoms with Crippen molar-refractivity contribution in [1.29, 1.82) is 0 Å². The molecule has 0 rings (SSSR count). The van der Waals surface area contributed by atoms with Gasteiger partial charge in [-0.05, 0) is 13.8 Å². The van der Waals surface area contributed by atoms with Crippen LogP contribution in [0.15, 0.2) is 0 Å². The topological polar surface area (TPSA) is 61.8 Å². The summed E-state index contributed by atoms with van der Waals surface area (Å²) >= 11 is 0. The van der Waals surface area contributed by atoms with E-state index in [-0.39, 0.29) is 13.2 Å². The van der Waals surface area contributed by atoms with Gasteiger partial charge < -0.3 is 13.8 Å². The first-order valence-electron chi connectivity index (χ1n) is 4.56. The minimum atomic E-state index is -4.09. The third kappa shape index (κ3) is 3.89. The second kappa shape index (κ2) is 5.58. The van der Waals surface area contributed by atoms with Gasteiger partial charge in [0.15, 0.2) is 0 Å². The van der Waals surface area contributed by atoms with Gasteiger partial charge in [0.1, 0.15) is 0 Å². The van der Waals surface area contributed by atoms with Gasteiger partial charge in [-0.3, -0.25) is 9.36 Å². The molecule has 0 radical (unpaired) electrons. The average Bonchev–Trinajstić information content (AvgIpc) is 2.02. The molecule has 0 saturated heterocycles. The van der Waals surface area contributed by atoms with Gasteiger partial charge in [0.25, 0.3) is 0 Å². The number of hydrogen-bond acceptors (Lipinski definition) is 5. The number of carbonyl (C=O) groups excluding carboxylic acids is 1. The van der Waals surface area contributed by atoms with Gasteiger partial charge in [0, 0.05) is 13.8 Å². The van der Waals surface area contributed by atoms with E-state index in [1.807, 2.05) is 0 Å².